The number of rotatable bonds is 5. The van der Waals surface area contributed by atoms with E-state index in [0.29, 0.717) is 6.61 Å². The largest absolute Gasteiger partial charge is 0.463 e. The molecular formula is C11H10FN5O4. The Hall–Kier alpha value is -3.04. The van der Waals surface area contributed by atoms with Crippen LogP contribution in [-0.4, -0.2) is 32.6 Å². The van der Waals surface area contributed by atoms with Gasteiger partial charge in [0.2, 0.25) is 5.95 Å². The Labute approximate surface area is 117 Å². The van der Waals surface area contributed by atoms with Gasteiger partial charge in [-0.25, -0.2) is 9.49 Å². The molecule has 0 aliphatic heterocycles. The Kier molecular flexibility index (Phi) is 4.07. The van der Waals surface area contributed by atoms with E-state index in [9.17, 15) is 19.3 Å². The number of nitrogens with one attached hydrogen (secondary N) is 2. The SMILES string of the molecule is CCOc1n[nH]c(NC(=O)c2cc(F)ccc2[N+](=O)[O-])n1. The summed E-state index contributed by atoms with van der Waals surface area (Å²) in [4.78, 5) is 25.8. The number of anilines is 1. The summed E-state index contributed by atoms with van der Waals surface area (Å²) in [6.07, 6.45) is 0. The van der Waals surface area contributed by atoms with Crippen molar-refractivity contribution in [3.63, 3.8) is 0 Å². The van der Waals surface area contributed by atoms with Crippen molar-refractivity contribution in [2.24, 2.45) is 0 Å². The van der Waals surface area contributed by atoms with Gasteiger partial charge in [0.1, 0.15) is 11.4 Å². The molecule has 1 amide bonds. The molecule has 2 rings (SSSR count). The molecule has 0 atom stereocenters. The number of H-pyrrole nitrogens is 1. The van der Waals surface area contributed by atoms with E-state index in [1.54, 1.807) is 6.92 Å². The predicted octanol–water partition coefficient (Wildman–Crippen LogP) is 1.50. The lowest BCUT2D eigenvalue weighted by Gasteiger charge is -2.02. The van der Waals surface area contributed by atoms with E-state index in [1.807, 2.05) is 0 Å². The molecule has 0 spiro atoms. The molecule has 110 valence electrons. The summed E-state index contributed by atoms with van der Waals surface area (Å²) >= 11 is 0. The van der Waals surface area contributed by atoms with Gasteiger partial charge >= 0.3 is 6.01 Å². The van der Waals surface area contributed by atoms with Crippen LogP contribution in [0.25, 0.3) is 0 Å². The van der Waals surface area contributed by atoms with Crippen LogP contribution in [0.5, 0.6) is 6.01 Å². The fraction of sp³-hybridized carbons (Fsp3) is 0.182. The summed E-state index contributed by atoms with van der Waals surface area (Å²) in [5.74, 6) is -1.72. The number of nitro groups is 1. The molecule has 0 saturated heterocycles. The molecule has 21 heavy (non-hydrogen) atoms. The van der Waals surface area contributed by atoms with Crippen LogP contribution >= 0.6 is 0 Å². The minimum Gasteiger partial charge on any atom is -0.463 e. The number of carbonyl (C=O) groups is 1. The maximum atomic E-state index is 13.2. The number of aromatic amines is 1. The average Bonchev–Trinajstić information content (AvgIpc) is 2.86. The van der Waals surface area contributed by atoms with Gasteiger partial charge in [-0.15, -0.1) is 5.10 Å². The molecule has 0 aliphatic carbocycles. The van der Waals surface area contributed by atoms with Crippen molar-refractivity contribution in [3.8, 4) is 6.01 Å². The second-order valence-electron chi connectivity index (χ2n) is 3.77. The van der Waals surface area contributed by atoms with Gasteiger partial charge in [-0.2, -0.15) is 4.98 Å². The number of nitro benzene ring substituents is 1. The molecule has 0 bridgehead atoms. The summed E-state index contributed by atoms with van der Waals surface area (Å²) in [5, 5.41) is 19.1. The topological polar surface area (TPSA) is 123 Å². The number of halogens is 1. The number of hydrogen-bond acceptors (Lipinski definition) is 6. The lowest BCUT2D eigenvalue weighted by atomic mass is 10.1. The molecule has 9 nitrogen and oxygen atoms in total. The van der Waals surface area contributed by atoms with Crippen LogP contribution in [0.2, 0.25) is 0 Å². The van der Waals surface area contributed by atoms with Crippen molar-refractivity contribution in [2.45, 2.75) is 6.92 Å². The summed E-state index contributed by atoms with van der Waals surface area (Å²) < 4.78 is 18.1. The summed E-state index contributed by atoms with van der Waals surface area (Å²) in [6.45, 7) is 2.06. The highest BCUT2D eigenvalue weighted by Gasteiger charge is 2.22. The fourth-order valence-electron chi connectivity index (χ4n) is 1.52. The number of hydrogen-bond donors (Lipinski definition) is 2. The molecule has 1 aromatic carbocycles. The molecular weight excluding hydrogens is 285 g/mol. The Morgan fingerprint density at radius 1 is 1.57 bits per heavy atom. The smallest absolute Gasteiger partial charge is 0.337 e. The fourth-order valence-corrected chi connectivity index (χ4v) is 1.52. The highest BCUT2D eigenvalue weighted by Crippen LogP contribution is 2.20. The number of carbonyl (C=O) groups excluding carboxylic acids is 1. The highest BCUT2D eigenvalue weighted by molar-refractivity contribution is 6.06. The summed E-state index contributed by atoms with van der Waals surface area (Å²) in [7, 11) is 0. The van der Waals surface area contributed by atoms with E-state index in [-0.39, 0.29) is 12.0 Å². The first-order chi connectivity index (χ1) is 10.0. The Bertz CT molecular complexity index is 687. The Balaban J connectivity index is 2.23. The van der Waals surface area contributed by atoms with E-state index in [2.05, 4.69) is 20.5 Å². The van der Waals surface area contributed by atoms with E-state index in [0.717, 1.165) is 18.2 Å². The van der Waals surface area contributed by atoms with Crippen molar-refractivity contribution < 1.29 is 18.8 Å². The standard InChI is InChI=1S/C11H10FN5O4/c1-2-21-11-14-10(15-16-11)13-9(18)7-5-6(12)3-4-8(7)17(19)20/h3-5H,2H2,1H3,(H2,13,14,15,16,18). The van der Waals surface area contributed by atoms with Gasteiger partial charge < -0.3 is 4.74 Å². The molecule has 2 aromatic rings. The van der Waals surface area contributed by atoms with Crippen LogP contribution in [0, 0.1) is 15.9 Å². The molecule has 0 fully saturated rings. The van der Waals surface area contributed by atoms with Gasteiger partial charge in [0.05, 0.1) is 11.5 Å². The Morgan fingerprint density at radius 2 is 2.33 bits per heavy atom. The van der Waals surface area contributed by atoms with Crippen molar-refractivity contribution >= 4 is 17.5 Å². The third-order valence-corrected chi connectivity index (χ3v) is 2.37. The molecule has 0 radical (unpaired) electrons. The quantitative estimate of drug-likeness (QED) is 0.636. The van der Waals surface area contributed by atoms with Crippen LogP contribution in [-0.2, 0) is 0 Å². The molecule has 2 N–H and O–H groups in total. The van der Waals surface area contributed by atoms with E-state index in [1.165, 1.54) is 0 Å². The van der Waals surface area contributed by atoms with E-state index in [4.69, 9.17) is 4.74 Å². The molecule has 0 saturated carbocycles. The third kappa shape index (κ3) is 3.29. The minimum absolute atomic E-state index is 0.0153. The lowest BCUT2D eigenvalue weighted by Crippen LogP contribution is -2.15. The maximum absolute atomic E-state index is 13.2. The van der Waals surface area contributed by atoms with Gasteiger partial charge in [-0.3, -0.25) is 20.2 Å². The van der Waals surface area contributed by atoms with Gasteiger partial charge in [0, 0.05) is 6.07 Å². The Morgan fingerprint density at radius 3 is 3.00 bits per heavy atom. The van der Waals surface area contributed by atoms with Crippen LogP contribution in [0.1, 0.15) is 17.3 Å². The average molecular weight is 295 g/mol. The van der Waals surface area contributed by atoms with Crippen LogP contribution in [0.15, 0.2) is 18.2 Å². The molecule has 10 heteroatoms. The van der Waals surface area contributed by atoms with Crippen LogP contribution < -0.4 is 10.1 Å². The number of nitrogens with zero attached hydrogens (tertiary/aromatic N) is 3. The number of aromatic nitrogens is 3. The second-order valence-corrected chi connectivity index (χ2v) is 3.77. The molecule has 0 unspecified atom stereocenters. The second kappa shape index (κ2) is 5.94. The van der Waals surface area contributed by atoms with Crippen molar-refractivity contribution in [1.29, 1.82) is 0 Å². The lowest BCUT2D eigenvalue weighted by molar-refractivity contribution is -0.385. The minimum atomic E-state index is -0.889. The van der Waals surface area contributed by atoms with Crippen molar-refractivity contribution in [2.75, 3.05) is 11.9 Å². The number of amides is 1. The number of benzene rings is 1. The first kappa shape index (κ1) is 14.4. The first-order valence-electron chi connectivity index (χ1n) is 5.81. The van der Waals surface area contributed by atoms with Gasteiger partial charge in [-0.05, 0) is 19.1 Å². The summed E-state index contributed by atoms with van der Waals surface area (Å²) in [6, 6.07) is 2.60. The zero-order chi connectivity index (χ0) is 15.4. The van der Waals surface area contributed by atoms with Crippen molar-refractivity contribution in [3.05, 3.63) is 39.7 Å². The van der Waals surface area contributed by atoms with Gasteiger partial charge in [0.15, 0.2) is 0 Å². The maximum Gasteiger partial charge on any atom is 0.337 e. The summed E-state index contributed by atoms with van der Waals surface area (Å²) in [5.41, 5.74) is -0.937. The molecule has 1 aromatic heterocycles. The van der Waals surface area contributed by atoms with E-state index >= 15 is 0 Å². The zero-order valence-corrected chi connectivity index (χ0v) is 10.8. The zero-order valence-electron chi connectivity index (χ0n) is 10.8. The van der Waals surface area contributed by atoms with Gasteiger partial charge in [-0.1, -0.05) is 0 Å². The van der Waals surface area contributed by atoms with Crippen LogP contribution in [0.4, 0.5) is 16.0 Å². The molecule has 0 aliphatic rings. The highest BCUT2D eigenvalue weighted by atomic mass is 19.1. The normalized spacial score (nSPS) is 10.2. The van der Waals surface area contributed by atoms with Crippen molar-refractivity contribution in [1.82, 2.24) is 15.2 Å². The third-order valence-electron chi connectivity index (χ3n) is 2.37. The predicted molar refractivity (Wildman–Crippen MR) is 68.6 cm³/mol. The first-order valence-corrected chi connectivity index (χ1v) is 5.81. The molecule has 1 heterocycles. The van der Waals surface area contributed by atoms with Crippen LogP contribution in [0.3, 0.4) is 0 Å². The number of ether oxygens (including phenoxy) is 1. The van der Waals surface area contributed by atoms with E-state index < -0.39 is 27.9 Å². The monoisotopic (exact) mass is 295 g/mol. The van der Waals surface area contributed by atoms with Gasteiger partial charge in [0.25, 0.3) is 11.6 Å².